The molecule has 17 rings (SSSR count). The van der Waals surface area contributed by atoms with Gasteiger partial charge in [0, 0.05) is 0 Å². The number of aromatic nitrogens is 2. The molecule has 4 saturated carbocycles. The maximum atomic E-state index is 13.5. The minimum Gasteiger partial charge on any atom is -0.656 e. The molecule has 1 radical (unpaired) electrons. The zero-order valence-corrected chi connectivity index (χ0v) is 57.1. The Balaban J connectivity index is 0.00000738. The molecule has 12 nitrogen and oxygen atoms in total. The van der Waals surface area contributed by atoms with E-state index in [2.05, 4.69) is 48.5 Å². The zero-order chi connectivity index (χ0) is 65.0. The van der Waals surface area contributed by atoms with Crippen LogP contribution in [0.5, 0.6) is 0 Å². The van der Waals surface area contributed by atoms with Crippen LogP contribution in [-0.2, 0) is 61.7 Å². The molecule has 13 heteroatoms. The Hall–Kier alpha value is -8.12. The summed E-state index contributed by atoms with van der Waals surface area (Å²) in [6.45, 7) is 0. The standard InChI is InChI=1S/C84H85N4O8.Cu/c1-93-81(89)49-29-21-45(22-30-49)69-73-61-37-53-13-5-7-15-55(53)39-63(61)75(85-73)70(46-23-31-50(32-24-46)82(90)94-2)77-65-41-57-17-9-11-19-59(57)43-67(65)79(87-77)72(48-27-35-52(36-28-48)84(92)96-4)80-68-44-60-20-12-10-18-58(60)42-66(68)78(88-80)71(47-25-33-51(34-26-47)83(91)95-3)76-64-40-56-16-8-6-14-54(56)38-62(64)74(69)86-76;/h21-36,53-60H,5-20,37-44H2,1-4H3,(H-,85,86,87,88,89,90,91,92);/q-1;+2/p-1. The molecule has 2 aliphatic heterocycles. The van der Waals surface area contributed by atoms with E-state index in [1.54, 1.807) is 0 Å². The summed E-state index contributed by atoms with van der Waals surface area (Å²) in [6.07, 6.45) is 25.9. The Morgan fingerprint density at radius 2 is 0.567 bits per heavy atom. The minimum atomic E-state index is -0.393. The fourth-order valence-corrected chi connectivity index (χ4v) is 20.0. The number of allylic oxidation sites excluding steroid dienone is 4. The van der Waals surface area contributed by atoms with Crippen LogP contribution in [0.1, 0.15) is 226 Å². The van der Waals surface area contributed by atoms with Crippen molar-refractivity contribution in [1.29, 1.82) is 0 Å². The minimum absolute atomic E-state index is 0. The van der Waals surface area contributed by atoms with E-state index in [1.165, 1.54) is 124 Å². The van der Waals surface area contributed by atoms with Gasteiger partial charge in [-0.1, -0.05) is 122 Å². The van der Waals surface area contributed by atoms with E-state index in [4.69, 9.17) is 38.9 Å². The van der Waals surface area contributed by atoms with Gasteiger partial charge in [0.2, 0.25) is 0 Å². The van der Waals surface area contributed by atoms with Gasteiger partial charge in [-0.05, 0) is 265 Å². The van der Waals surface area contributed by atoms with Gasteiger partial charge in [0.1, 0.15) is 0 Å². The van der Waals surface area contributed by atoms with Crippen molar-refractivity contribution in [2.45, 2.75) is 154 Å². The third-order valence-electron chi connectivity index (χ3n) is 24.9. The summed E-state index contributed by atoms with van der Waals surface area (Å²) >= 11 is 0. The summed E-state index contributed by atoms with van der Waals surface area (Å²) in [5.41, 5.74) is 25.3. The van der Waals surface area contributed by atoms with E-state index >= 15 is 0 Å². The number of aliphatic imine (C=N–C) groups is 2. The second-order valence-electron chi connectivity index (χ2n) is 29.7. The van der Waals surface area contributed by atoms with E-state index in [9.17, 15) is 19.2 Å². The number of rotatable bonds is 8. The van der Waals surface area contributed by atoms with Crippen molar-refractivity contribution in [2.75, 3.05) is 28.4 Å². The quantitative estimate of drug-likeness (QED) is 0.0816. The van der Waals surface area contributed by atoms with Crippen molar-refractivity contribution in [3.05, 3.63) is 220 Å². The molecule has 4 heterocycles. The zero-order valence-electron chi connectivity index (χ0n) is 56.2. The maximum Gasteiger partial charge on any atom is 2.00 e. The van der Waals surface area contributed by atoms with Crippen LogP contribution < -0.4 is 20.7 Å². The number of methoxy groups -OCH3 is 4. The van der Waals surface area contributed by atoms with Crippen LogP contribution in [-0.4, -0.2) is 63.7 Å². The number of hydrogen-bond acceptors (Lipinski definition) is 10. The number of esters is 4. The predicted molar refractivity (Wildman–Crippen MR) is 371 cm³/mol. The summed E-state index contributed by atoms with van der Waals surface area (Å²) in [4.78, 5) is 79.4. The summed E-state index contributed by atoms with van der Waals surface area (Å²) in [7, 11) is 5.76. The number of nitrogens with zero attached hydrogens (tertiary/aromatic N) is 4. The number of hydrogen-bond donors (Lipinski definition) is 0. The molecule has 97 heavy (non-hydrogen) atoms. The second-order valence-corrected chi connectivity index (χ2v) is 29.7. The van der Waals surface area contributed by atoms with Gasteiger partial charge in [0.25, 0.3) is 0 Å². The van der Waals surface area contributed by atoms with Crippen LogP contribution in [0.15, 0.2) is 141 Å². The Labute approximate surface area is 578 Å². The monoisotopic (exact) mass is 1340 g/mol. The molecule has 11 aliphatic rings. The van der Waals surface area contributed by atoms with Crippen molar-refractivity contribution < 1.29 is 55.2 Å². The third-order valence-corrected chi connectivity index (χ3v) is 24.9. The largest absolute Gasteiger partial charge is 2.00 e. The molecule has 0 amide bonds. The van der Waals surface area contributed by atoms with Gasteiger partial charge in [0.15, 0.2) is 0 Å². The fourth-order valence-electron chi connectivity index (χ4n) is 20.0. The molecule has 4 aromatic carbocycles. The van der Waals surface area contributed by atoms with Crippen molar-refractivity contribution in [3.8, 4) is 0 Å². The summed E-state index contributed by atoms with van der Waals surface area (Å²) in [5.74, 6) is 2.24. The Morgan fingerprint density at radius 3 is 0.845 bits per heavy atom. The number of fused-ring (bicyclic) bond motifs is 4. The first-order chi connectivity index (χ1) is 47.0. The predicted octanol–water partition coefficient (Wildman–Crippen LogP) is 14.9. The van der Waals surface area contributed by atoms with Crippen LogP contribution in [0.4, 0.5) is 0 Å². The average molecular weight is 1340 g/mol. The Bertz CT molecular complexity index is 4300. The van der Waals surface area contributed by atoms with Crippen LogP contribution in [0, 0.1) is 47.3 Å². The Morgan fingerprint density at radius 1 is 0.320 bits per heavy atom. The maximum absolute atomic E-state index is 13.5. The van der Waals surface area contributed by atoms with Gasteiger partial charge >= 0.3 is 40.9 Å². The molecule has 6 aromatic rings. The van der Waals surface area contributed by atoms with E-state index in [0.717, 1.165) is 192 Å². The molecule has 8 atom stereocenters. The molecule has 4 fully saturated rings. The second kappa shape index (κ2) is 25.9. The number of benzene rings is 4. The van der Waals surface area contributed by atoms with Gasteiger partial charge in [0.05, 0.1) is 73.5 Å². The van der Waals surface area contributed by atoms with Crippen molar-refractivity contribution in [1.82, 2.24) is 9.97 Å². The van der Waals surface area contributed by atoms with Gasteiger partial charge in [-0.3, -0.25) is 0 Å². The smallest absolute Gasteiger partial charge is 0.656 e. The Kier molecular flexibility index (Phi) is 17.0. The van der Waals surface area contributed by atoms with Gasteiger partial charge in [-0.2, -0.15) is 0 Å². The van der Waals surface area contributed by atoms with Crippen LogP contribution in [0.2, 0.25) is 0 Å². The molecule has 9 aliphatic carbocycles. The molecule has 2 aromatic heterocycles. The van der Waals surface area contributed by atoms with Crippen LogP contribution in [0.25, 0.3) is 22.3 Å². The molecule has 0 saturated heterocycles. The molecule has 8 bridgehead atoms. The molecular formula is C84H84CuN4O8. The first-order valence-corrected chi connectivity index (χ1v) is 36.0. The van der Waals surface area contributed by atoms with E-state index in [0.29, 0.717) is 69.6 Å². The van der Waals surface area contributed by atoms with Gasteiger partial charge in [-0.25, -0.2) is 29.2 Å². The molecular weight excluding hydrogens is 1260 g/mol. The molecule has 8 unspecified atom stereocenters. The summed E-state index contributed by atoms with van der Waals surface area (Å²) in [5, 5.41) is 1.88. The van der Waals surface area contributed by atoms with Crippen LogP contribution in [0.3, 0.4) is 0 Å². The fraction of sp³-hybridized carbons (Fsp3) is 0.429. The number of carbonyl (C=O) groups is 4. The first kappa shape index (κ1) is 63.6. The average Bonchev–Trinajstić information content (AvgIpc) is 1.54. The van der Waals surface area contributed by atoms with Gasteiger partial charge < -0.3 is 28.9 Å². The molecule has 499 valence electrons. The SMILES string of the molecule is COC(=O)c1ccc(C2=C3N=C(C4=C3CC3CCCCC3C4)C(c3ccc(C(=O)OC)cc3)=c3[n-]c(c4c3CC3CCCCC3C4)=C(c3ccc(C(=O)OC)cc3)C3=NC(=C(c4ccc(C(=O)OC)cc4)c4[n-]c2c2c4CC4CCCCC4C2)C2=C3CC3CCCCC3C2)cc1.[Cu+2]. The topological polar surface area (TPSA) is 158 Å². The summed E-state index contributed by atoms with van der Waals surface area (Å²) < 4.78 is 21.5. The molecule has 0 N–H and O–H groups in total. The van der Waals surface area contributed by atoms with Crippen molar-refractivity contribution >= 4 is 57.6 Å². The van der Waals surface area contributed by atoms with Crippen molar-refractivity contribution in [3.63, 3.8) is 0 Å². The van der Waals surface area contributed by atoms with E-state index in [1.807, 2.05) is 48.5 Å². The third kappa shape index (κ3) is 10.9. The van der Waals surface area contributed by atoms with E-state index in [-0.39, 0.29) is 17.1 Å². The number of ether oxygens (including phenoxy) is 4. The van der Waals surface area contributed by atoms with Crippen LogP contribution >= 0.6 is 0 Å². The number of carbonyl (C=O) groups excluding carboxylic acids is 4. The van der Waals surface area contributed by atoms with E-state index < -0.39 is 23.9 Å². The normalized spacial score (nSPS) is 25.4. The van der Waals surface area contributed by atoms with Gasteiger partial charge in [-0.15, -0.1) is 22.1 Å². The van der Waals surface area contributed by atoms with Crippen molar-refractivity contribution in [2.24, 2.45) is 57.3 Å². The first-order valence-electron chi connectivity index (χ1n) is 36.0. The summed E-state index contributed by atoms with van der Waals surface area (Å²) in [6, 6.07) is 32.1. The molecule has 0 spiro atoms.